The van der Waals surface area contributed by atoms with Gasteiger partial charge in [-0.05, 0) is 12.1 Å². The summed E-state index contributed by atoms with van der Waals surface area (Å²) in [6, 6.07) is 3.49. The van der Waals surface area contributed by atoms with Gasteiger partial charge in [-0.1, -0.05) is 0 Å². The average molecular weight is 221 g/mol. The van der Waals surface area contributed by atoms with Crippen molar-refractivity contribution in [2.75, 3.05) is 0 Å². The van der Waals surface area contributed by atoms with Gasteiger partial charge in [-0.2, -0.15) is 0 Å². The van der Waals surface area contributed by atoms with Gasteiger partial charge in [-0.3, -0.25) is 0 Å². The van der Waals surface area contributed by atoms with Crippen LogP contribution < -0.4 is 5.32 Å². The Labute approximate surface area is 91.7 Å². The number of rotatable bonds is 5. The highest BCUT2D eigenvalue weighted by molar-refractivity contribution is 5.86. The Morgan fingerprint density at radius 1 is 1.31 bits per heavy atom. The normalized spacial score (nSPS) is 10.5. The van der Waals surface area contributed by atoms with E-state index in [4.69, 9.17) is 13.9 Å². The van der Waals surface area contributed by atoms with E-state index in [1.807, 2.05) is 6.07 Å². The first-order valence-electron chi connectivity index (χ1n) is 4.79. The second-order valence-corrected chi connectivity index (χ2v) is 3.32. The molecule has 2 aromatic rings. The summed E-state index contributed by atoms with van der Waals surface area (Å²) in [7, 11) is 0. The van der Waals surface area contributed by atoms with Crippen molar-refractivity contribution in [3.63, 3.8) is 0 Å². The van der Waals surface area contributed by atoms with E-state index in [1.54, 1.807) is 18.6 Å². The standard InChI is InChI=1S/C11H11NO4/c13-11(14)10-9(2-4-16-10)6-12-5-8-1-3-15-7-8/h1-4,7,12H,5-6H2,(H,13,14). The molecule has 0 aromatic carbocycles. The van der Waals surface area contributed by atoms with Crippen LogP contribution in [0.4, 0.5) is 0 Å². The second kappa shape index (κ2) is 4.67. The zero-order valence-electron chi connectivity index (χ0n) is 8.47. The molecule has 5 nitrogen and oxygen atoms in total. The molecule has 0 atom stereocenters. The molecule has 0 saturated heterocycles. The fourth-order valence-corrected chi connectivity index (χ4v) is 1.40. The van der Waals surface area contributed by atoms with Crippen molar-refractivity contribution in [3.05, 3.63) is 47.8 Å². The van der Waals surface area contributed by atoms with Gasteiger partial charge in [-0.15, -0.1) is 0 Å². The molecule has 2 heterocycles. The summed E-state index contributed by atoms with van der Waals surface area (Å²) in [4.78, 5) is 10.7. The van der Waals surface area contributed by atoms with Crippen LogP contribution in [0, 0.1) is 0 Å². The zero-order valence-corrected chi connectivity index (χ0v) is 8.47. The highest BCUT2D eigenvalue weighted by Crippen LogP contribution is 2.10. The lowest BCUT2D eigenvalue weighted by Crippen LogP contribution is -2.13. The van der Waals surface area contributed by atoms with E-state index in [2.05, 4.69) is 5.32 Å². The van der Waals surface area contributed by atoms with Crippen molar-refractivity contribution in [1.29, 1.82) is 0 Å². The van der Waals surface area contributed by atoms with Gasteiger partial charge in [0.05, 0.1) is 18.8 Å². The molecule has 2 N–H and O–H groups in total. The van der Waals surface area contributed by atoms with Crippen LogP contribution in [0.2, 0.25) is 0 Å². The topological polar surface area (TPSA) is 75.6 Å². The van der Waals surface area contributed by atoms with Crippen molar-refractivity contribution in [2.24, 2.45) is 0 Å². The summed E-state index contributed by atoms with van der Waals surface area (Å²) in [5, 5.41) is 11.9. The van der Waals surface area contributed by atoms with E-state index in [-0.39, 0.29) is 5.76 Å². The average Bonchev–Trinajstić information content (AvgIpc) is 2.87. The Bertz CT molecular complexity index is 458. The minimum absolute atomic E-state index is 0.0142. The molecule has 2 aromatic heterocycles. The van der Waals surface area contributed by atoms with Gasteiger partial charge >= 0.3 is 5.97 Å². The Hall–Kier alpha value is -2.01. The Balaban J connectivity index is 1.90. The third kappa shape index (κ3) is 2.32. The van der Waals surface area contributed by atoms with Gasteiger partial charge in [0.15, 0.2) is 0 Å². The van der Waals surface area contributed by atoms with Crippen LogP contribution in [-0.2, 0) is 13.1 Å². The quantitative estimate of drug-likeness (QED) is 0.805. The molecule has 0 unspecified atom stereocenters. The molecule has 84 valence electrons. The van der Waals surface area contributed by atoms with Crippen LogP contribution in [-0.4, -0.2) is 11.1 Å². The molecule has 0 fully saturated rings. The maximum absolute atomic E-state index is 10.7. The monoisotopic (exact) mass is 221 g/mol. The zero-order chi connectivity index (χ0) is 11.4. The van der Waals surface area contributed by atoms with Gasteiger partial charge in [-0.25, -0.2) is 4.79 Å². The van der Waals surface area contributed by atoms with Crippen LogP contribution in [0.1, 0.15) is 21.7 Å². The number of carbonyl (C=O) groups is 1. The van der Waals surface area contributed by atoms with Gasteiger partial charge in [0, 0.05) is 24.2 Å². The SMILES string of the molecule is O=C(O)c1occc1CNCc1ccoc1. The molecule has 0 aliphatic heterocycles. The number of hydrogen-bond donors (Lipinski definition) is 2. The fourth-order valence-electron chi connectivity index (χ4n) is 1.40. The van der Waals surface area contributed by atoms with Crippen LogP contribution in [0.3, 0.4) is 0 Å². The number of carboxylic acids is 1. The third-order valence-corrected chi connectivity index (χ3v) is 2.17. The van der Waals surface area contributed by atoms with Crippen LogP contribution in [0.15, 0.2) is 39.8 Å². The van der Waals surface area contributed by atoms with Gasteiger partial charge < -0.3 is 19.3 Å². The van der Waals surface area contributed by atoms with Crippen molar-refractivity contribution in [3.8, 4) is 0 Å². The number of furan rings is 2. The molecule has 16 heavy (non-hydrogen) atoms. The molecular weight excluding hydrogens is 210 g/mol. The molecular formula is C11H11NO4. The predicted octanol–water partition coefficient (Wildman–Crippen LogP) is 1.86. The maximum atomic E-state index is 10.7. The van der Waals surface area contributed by atoms with Gasteiger partial charge in [0.1, 0.15) is 0 Å². The summed E-state index contributed by atoms with van der Waals surface area (Å²) >= 11 is 0. The lowest BCUT2D eigenvalue weighted by Gasteiger charge is -2.01. The summed E-state index contributed by atoms with van der Waals surface area (Å²) in [6.45, 7) is 1.07. The molecule has 0 spiro atoms. The van der Waals surface area contributed by atoms with Crippen LogP contribution >= 0.6 is 0 Å². The summed E-state index contributed by atoms with van der Waals surface area (Å²) in [6.07, 6.45) is 4.61. The Morgan fingerprint density at radius 3 is 2.88 bits per heavy atom. The first-order chi connectivity index (χ1) is 7.77. The van der Waals surface area contributed by atoms with Crippen molar-refractivity contribution >= 4 is 5.97 Å². The molecule has 0 radical (unpaired) electrons. The van der Waals surface area contributed by atoms with E-state index in [1.165, 1.54) is 6.26 Å². The number of aromatic carboxylic acids is 1. The van der Waals surface area contributed by atoms with Gasteiger partial charge in [0.2, 0.25) is 5.76 Å². The lowest BCUT2D eigenvalue weighted by atomic mass is 10.2. The molecule has 0 saturated carbocycles. The van der Waals surface area contributed by atoms with Gasteiger partial charge in [0.25, 0.3) is 0 Å². The van der Waals surface area contributed by atoms with Crippen molar-refractivity contribution in [2.45, 2.75) is 13.1 Å². The van der Waals surface area contributed by atoms with E-state index in [0.29, 0.717) is 18.7 Å². The van der Waals surface area contributed by atoms with Crippen LogP contribution in [0.25, 0.3) is 0 Å². The summed E-state index contributed by atoms with van der Waals surface area (Å²) in [5.41, 5.74) is 1.65. The Morgan fingerprint density at radius 2 is 2.19 bits per heavy atom. The minimum Gasteiger partial charge on any atom is -0.475 e. The fraction of sp³-hybridized carbons (Fsp3) is 0.182. The van der Waals surface area contributed by atoms with Crippen molar-refractivity contribution in [1.82, 2.24) is 5.32 Å². The molecule has 0 amide bonds. The number of carboxylic acid groups (broad SMARTS) is 1. The maximum Gasteiger partial charge on any atom is 0.372 e. The first kappa shape index (κ1) is 10.5. The number of hydrogen-bond acceptors (Lipinski definition) is 4. The highest BCUT2D eigenvalue weighted by Gasteiger charge is 2.12. The van der Waals surface area contributed by atoms with E-state index in [9.17, 15) is 4.79 Å². The van der Waals surface area contributed by atoms with E-state index < -0.39 is 5.97 Å². The first-order valence-corrected chi connectivity index (χ1v) is 4.79. The minimum atomic E-state index is -1.05. The number of nitrogens with one attached hydrogen (secondary N) is 1. The Kier molecular flexibility index (Phi) is 3.07. The summed E-state index contributed by atoms with van der Waals surface area (Å²) < 4.78 is 9.77. The third-order valence-electron chi connectivity index (χ3n) is 2.17. The smallest absolute Gasteiger partial charge is 0.372 e. The lowest BCUT2D eigenvalue weighted by molar-refractivity contribution is 0.0660. The molecule has 5 heteroatoms. The van der Waals surface area contributed by atoms with Crippen molar-refractivity contribution < 1.29 is 18.7 Å². The molecule has 0 bridgehead atoms. The molecule has 0 aliphatic rings. The molecule has 2 rings (SSSR count). The summed E-state index contributed by atoms with van der Waals surface area (Å²) in [5.74, 6) is -1.06. The second-order valence-electron chi connectivity index (χ2n) is 3.32. The van der Waals surface area contributed by atoms with Crippen LogP contribution in [0.5, 0.6) is 0 Å². The predicted molar refractivity (Wildman–Crippen MR) is 54.9 cm³/mol. The highest BCUT2D eigenvalue weighted by atomic mass is 16.4. The molecule has 0 aliphatic carbocycles. The largest absolute Gasteiger partial charge is 0.475 e. The van der Waals surface area contributed by atoms with E-state index in [0.717, 1.165) is 5.56 Å². The van der Waals surface area contributed by atoms with E-state index >= 15 is 0 Å².